The molecule has 2 heteroatoms. The van der Waals surface area contributed by atoms with Crippen LogP contribution in [0.25, 0.3) is 0 Å². The maximum Gasteiger partial charge on any atom is 0.0108 e. The van der Waals surface area contributed by atoms with Crippen molar-refractivity contribution in [1.29, 1.82) is 0 Å². The molecule has 0 spiro atoms. The molecule has 1 aliphatic heterocycles. The van der Waals surface area contributed by atoms with Crippen LogP contribution in [0.4, 0.5) is 0 Å². The summed E-state index contributed by atoms with van der Waals surface area (Å²) >= 11 is 1.99. The van der Waals surface area contributed by atoms with Gasteiger partial charge >= 0.3 is 0 Å². The third kappa shape index (κ3) is 2.89. The van der Waals surface area contributed by atoms with Crippen LogP contribution in [0.2, 0.25) is 0 Å². The zero-order valence-electron chi connectivity index (χ0n) is 9.78. The monoisotopic (exact) mass is 233 g/mol. The Morgan fingerprint density at radius 2 is 2.31 bits per heavy atom. The van der Waals surface area contributed by atoms with Crippen LogP contribution in [-0.2, 0) is 0 Å². The Labute approximate surface area is 102 Å². The maximum atomic E-state index is 3.54. The molecular formula is C14H19NS. The van der Waals surface area contributed by atoms with Gasteiger partial charge in [-0.1, -0.05) is 30.4 Å². The summed E-state index contributed by atoms with van der Waals surface area (Å²) in [6.07, 6.45) is 5.46. The van der Waals surface area contributed by atoms with Gasteiger partial charge in [-0.05, 0) is 31.5 Å². The Bertz CT molecular complexity index is 360. The van der Waals surface area contributed by atoms with Crippen molar-refractivity contribution in [3.8, 4) is 0 Å². The quantitative estimate of drug-likeness (QED) is 0.617. The first-order chi connectivity index (χ1) is 7.92. The number of hydrogen-bond acceptors (Lipinski definition) is 2. The normalized spacial score (nSPS) is 19.2. The summed E-state index contributed by atoms with van der Waals surface area (Å²) in [6.45, 7) is 4.28. The first-order valence-electron chi connectivity index (χ1n) is 5.95. The maximum absolute atomic E-state index is 3.54. The predicted octanol–water partition coefficient (Wildman–Crippen LogP) is 3.43. The highest BCUT2D eigenvalue weighted by Crippen LogP contribution is 2.38. The number of hydrogen-bond donors (Lipinski definition) is 1. The molecule has 1 aromatic rings. The molecule has 1 aromatic carbocycles. The molecular weight excluding hydrogens is 214 g/mol. The summed E-state index contributed by atoms with van der Waals surface area (Å²) in [5, 5.41) is 3.54. The van der Waals surface area contributed by atoms with E-state index in [4.69, 9.17) is 0 Å². The lowest BCUT2D eigenvalue weighted by atomic mass is 10.0. The number of allylic oxidation sites excluding steroid dienone is 1. The number of thioether (sulfide) groups is 1. The van der Waals surface area contributed by atoms with Gasteiger partial charge in [0.1, 0.15) is 0 Å². The van der Waals surface area contributed by atoms with Gasteiger partial charge in [0.05, 0.1) is 0 Å². The van der Waals surface area contributed by atoms with Gasteiger partial charge in [0.25, 0.3) is 0 Å². The molecule has 0 amide bonds. The van der Waals surface area contributed by atoms with Gasteiger partial charge in [0.2, 0.25) is 0 Å². The molecule has 86 valence electrons. The summed E-state index contributed by atoms with van der Waals surface area (Å²) in [7, 11) is 0. The summed E-state index contributed by atoms with van der Waals surface area (Å²) in [6, 6.07) is 8.79. The number of fused-ring (bicyclic) bond motifs is 1. The van der Waals surface area contributed by atoms with Crippen LogP contribution in [0, 0.1) is 0 Å². The van der Waals surface area contributed by atoms with Crippen molar-refractivity contribution >= 4 is 11.8 Å². The number of rotatable bonds is 5. The molecule has 0 bridgehead atoms. The summed E-state index contributed by atoms with van der Waals surface area (Å²) < 4.78 is 0. The van der Waals surface area contributed by atoms with Crippen molar-refractivity contribution in [2.75, 3.05) is 18.8 Å². The van der Waals surface area contributed by atoms with Crippen LogP contribution in [-0.4, -0.2) is 18.8 Å². The van der Waals surface area contributed by atoms with Gasteiger partial charge in [0, 0.05) is 23.1 Å². The summed E-state index contributed by atoms with van der Waals surface area (Å²) in [5.74, 6) is 1.93. The van der Waals surface area contributed by atoms with Crippen LogP contribution >= 0.6 is 11.8 Å². The van der Waals surface area contributed by atoms with E-state index in [-0.39, 0.29) is 0 Å². The van der Waals surface area contributed by atoms with E-state index in [9.17, 15) is 0 Å². The highest BCUT2D eigenvalue weighted by Gasteiger charge is 2.21. The molecule has 1 aliphatic rings. The van der Waals surface area contributed by atoms with Gasteiger partial charge in [-0.15, -0.1) is 11.8 Å². The lowest BCUT2D eigenvalue weighted by Crippen LogP contribution is -2.22. The Morgan fingerprint density at radius 3 is 3.19 bits per heavy atom. The Balaban J connectivity index is 1.80. The molecule has 0 fully saturated rings. The Kier molecular flexibility index (Phi) is 4.49. The van der Waals surface area contributed by atoms with E-state index < -0.39 is 0 Å². The molecule has 0 aliphatic carbocycles. The Morgan fingerprint density at radius 1 is 1.44 bits per heavy atom. The summed E-state index contributed by atoms with van der Waals surface area (Å²) in [5.41, 5.74) is 1.53. The zero-order chi connectivity index (χ0) is 11.2. The highest BCUT2D eigenvalue weighted by molar-refractivity contribution is 7.99. The molecule has 1 nitrogen and oxygen atoms in total. The second-order valence-electron chi connectivity index (χ2n) is 4.11. The van der Waals surface area contributed by atoms with E-state index in [2.05, 4.69) is 48.7 Å². The molecule has 0 aromatic heterocycles. The number of benzene rings is 1. The van der Waals surface area contributed by atoms with Gasteiger partial charge in [-0.2, -0.15) is 0 Å². The fourth-order valence-corrected chi connectivity index (χ4v) is 3.28. The molecule has 0 saturated heterocycles. The van der Waals surface area contributed by atoms with Crippen molar-refractivity contribution in [2.45, 2.75) is 24.2 Å². The third-order valence-electron chi connectivity index (χ3n) is 2.91. The molecule has 1 atom stereocenters. The first-order valence-corrected chi connectivity index (χ1v) is 6.94. The van der Waals surface area contributed by atoms with Gasteiger partial charge < -0.3 is 5.32 Å². The minimum Gasteiger partial charge on any atom is -0.316 e. The van der Waals surface area contributed by atoms with Crippen molar-refractivity contribution in [2.24, 2.45) is 0 Å². The zero-order valence-corrected chi connectivity index (χ0v) is 10.6. The van der Waals surface area contributed by atoms with Crippen LogP contribution in [0.3, 0.4) is 0 Å². The predicted molar refractivity (Wildman–Crippen MR) is 72.2 cm³/mol. The second kappa shape index (κ2) is 6.12. The van der Waals surface area contributed by atoms with Crippen molar-refractivity contribution < 1.29 is 0 Å². The molecule has 1 unspecified atom stereocenters. The molecule has 1 N–H and O–H groups in total. The fourth-order valence-electron chi connectivity index (χ4n) is 2.03. The van der Waals surface area contributed by atoms with Gasteiger partial charge in [-0.3, -0.25) is 0 Å². The lowest BCUT2D eigenvalue weighted by Gasteiger charge is -2.11. The average molecular weight is 233 g/mol. The number of nitrogens with one attached hydrogen (secondary N) is 1. The smallest absolute Gasteiger partial charge is 0.0108 e. The van der Waals surface area contributed by atoms with E-state index in [0.717, 1.165) is 19.5 Å². The largest absolute Gasteiger partial charge is 0.316 e. The fraction of sp³-hybridized carbons (Fsp3) is 0.429. The second-order valence-corrected chi connectivity index (χ2v) is 5.17. The van der Waals surface area contributed by atoms with Gasteiger partial charge in [0.15, 0.2) is 0 Å². The standard InChI is InChI=1S/C14H19NS/c1-2-3-6-9-15-10-12-11-16-14-8-5-4-7-13(12)14/h2-5,7-8,12,15H,6,9-11H2,1H3/b3-2+. The Hall–Kier alpha value is -0.730. The lowest BCUT2D eigenvalue weighted by molar-refractivity contribution is 0.625. The van der Waals surface area contributed by atoms with E-state index in [0.29, 0.717) is 5.92 Å². The summed E-state index contributed by atoms with van der Waals surface area (Å²) in [4.78, 5) is 1.47. The van der Waals surface area contributed by atoms with E-state index in [1.54, 1.807) is 0 Å². The minimum atomic E-state index is 0.701. The van der Waals surface area contributed by atoms with Crippen LogP contribution < -0.4 is 5.32 Å². The topological polar surface area (TPSA) is 12.0 Å². The van der Waals surface area contributed by atoms with E-state index in [1.807, 2.05) is 11.8 Å². The van der Waals surface area contributed by atoms with Crippen LogP contribution in [0.1, 0.15) is 24.8 Å². The van der Waals surface area contributed by atoms with Crippen molar-refractivity contribution in [3.05, 3.63) is 42.0 Å². The third-order valence-corrected chi connectivity index (χ3v) is 4.16. The van der Waals surface area contributed by atoms with Crippen LogP contribution in [0.5, 0.6) is 0 Å². The average Bonchev–Trinajstić information content (AvgIpc) is 2.73. The van der Waals surface area contributed by atoms with Gasteiger partial charge in [-0.25, -0.2) is 0 Å². The van der Waals surface area contributed by atoms with Crippen LogP contribution in [0.15, 0.2) is 41.3 Å². The molecule has 0 radical (unpaired) electrons. The SMILES string of the molecule is C/C=C/CCNCC1CSc2ccccc21. The first kappa shape index (κ1) is 11.7. The molecule has 0 saturated carbocycles. The molecule has 2 rings (SSSR count). The minimum absolute atomic E-state index is 0.701. The molecule has 1 heterocycles. The molecule has 16 heavy (non-hydrogen) atoms. The highest BCUT2D eigenvalue weighted by atomic mass is 32.2. The van der Waals surface area contributed by atoms with E-state index in [1.165, 1.54) is 16.2 Å². The van der Waals surface area contributed by atoms with Crippen molar-refractivity contribution in [1.82, 2.24) is 5.32 Å². The van der Waals surface area contributed by atoms with E-state index >= 15 is 0 Å². The van der Waals surface area contributed by atoms with Crippen molar-refractivity contribution in [3.63, 3.8) is 0 Å².